The molecule has 2 aromatic rings. The molecule has 0 heterocycles. The fraction of sp³-hybridized carbons (Fsp3) is 0.250. The van der Waals surface area contributed by atoms with Crippen LogP contribution in [0.5, 0.6) is 5.75 Å². The lowest BCUT2D eigenvalue weighted by Crippen LogP contribution is -2.43. The summed E-state index contributed by atoms with van der Waals surface area (Å²) < 4.78 is 10.2. The Kier molecular flexibility index (Phi) is 6.93. The van der Waals surface area contributed by atoms with Gasteiger partial charge >= 0.3 is 12.0 Å². The van der Waals surface area contributed by atoms with E-state index >= 15 is 0 Å². The molecule has 0 saturated carbocycles. The number of hydrogen-bond donors (Lipinski definition) is 2. The predicted molar refractivity (Wildman–Crippen MR) is 101 cm³/mol. The molecule has 0 aromatic heterocycles. The van der Waals surface area contributed by atoms with Gasteiger partial charge in [0.1, 0.15) is 11.8 Å². The van der Waals surface area contributed by atoms with Gasteiger partial charge in [-0.25, -0.2) is 9.59 Å². The summed E-state index contributed by atoms with van der Waals surface area (Å²) in [5.74, 6) is -0.419. The van der Waals surface area contributed by atoms with Crippen LogP contribution in [0.15, 0.2) is 54.6 Å². The fourth-order valence-corrected chi connectivity index (χ4v) is 2.26. The van der Waals surface area contributed by atoms with Crippen molar-refractivity contribution >= 4 is 23.5 Å². The average Bonchev–Trinajstić information content (AvgIpc) is 2.68. The standard InChI is InChI=1S/C20H22N2O5/c1-13(21-20(25)22-16-7-5-4-6-8-16)19(24)27-14(2)18(23)15-9-11-17(26-3)12-10-15/h4-14H,1-3H3,(H2,21,22,25)/t13-,14-/m0/s1. The molecule has 0 radical (unpaired) electrons. The van der Waals surface area contributed by atoms with E-state index in [2.05, 4.69) is 10.6 Å². The molecule has 0 bridgehead atoms. The quantitative estimate of drug-likeness (QED) is 0.577. The second-order valence-corrected chi connectivity index (χ2v) is 5.86. The molecule has 2 N–H and O–H groups in total. The van der Waals surface area contributed by atoms with Gasteiger partial charge in [-0.05, 0) is 50.2 Å². The molecule has 7 nitrogen and oxygen atoms in total. The molecule has 142 valence electrons. The maximum atomic E-state index is 12.3. The molecule has 0 aliphatic rings. The van der Waals surface area contributed by atoms with Crippen LogP contribution in [0.4, 0.5) is 10.5 Å². The van der Waals surface area contributed by atoms with Crippen LogP contribution in [-0.2, 0) is 9.53 Å². The lowest BCUT2D eigenvalue weighted by atomic mass is 10.1. The van der Waals surface area contributed by atoms with Crippen molar-refractivity contribution < 1.29 is 23.9 Å². The highest BCUT2D eigenvalue weighted by molar-refractivity contribution is 6.00. The monoisotopic (exact) mass is 370 g/mol. The first kappa shape index (κ1) is 20.0. The highest BCUT2D eigenvalue weighted by atomic mass is 16.5. The van der Waals surface area contributed by atoms with E-state index in [4.69, 9.17) is 9.47 Å². The summed E-state index contributed by atoms with van der Waals surface area (Å²) in [5, 5.41) is 5.08. The number of ketones is 1. The number of methoxy groups -OCH3 is 1. The van der Waals surface area contributed by atoms with Gasteiger partial charge in [0.25, 0.3) is 0 Å². The lowest BCUT2D eigenvalue weighted by Gasteiger charge is -2.17. The van der Waals surface area contributed by atoms with Crippen LogP contribution in [0, 0.1) is 0 Å². The van der Waals surface area contributed by atoms with Crippen LogP contribution in [-0.4, -0.2) is 37.0 Å². The first-order chi connectivity index (χ1) is 12.9. The first-order valence-electron chi connectivity index (χ1n) is 8.42. The summed E-state index contributed by atoms with van der Waals surface area (Å²) in [5.41, 5.74) is 0.997. The Labute approximate surface area is 157 Å². The minimum absolute atomic E-state index is 0.341. The third-order valence-corrected chi connectivity index (χ3v) is 3.77. The summed E-state index contributed by atoms with van der Waals surface area (Å²) in [6.45, 7) is 2.97. The van der Waals surface area contributed by atoms with Gasteiger partial charge in [0, 0.05) is 11.3 Å². The topological polar surface area (TPSA) is 93.7 Å². The SMILES string of the molecule is COc1ccc(C(=O)[C@H](C)OC(=O)[C@H](C)NC(=O)Nc2ccccc2)cc1. The highest BCUT2D eigenvalue weighted by Crippen LogP contribution is 2.14. The van der Waals surface area contributed by atoms with Crippen LogP contribution < -0.4 is 15.4 Å². The second kappa shape index (κ2) is 9.38. The van der Waals surface area contributed by atoms with Crippen molar-refractivity contribution in [3.8, 4) is 5.75 Å². The maximum Gasteiger partial charge on any atom is 0.329 e. The molecule has 0 spiro atoms. The van der Waals surface area contributed by atoms with Crippen LogP contribution in [0.2, 0.25) is 0 Å². The van der Waals surface area contributed by atoms with Gasteiger partial charge in [-0.1, -0.05) is 18.2 Å². The number of carbonyl (C=O) groups is 3. The number of benzene rings is 2. The number of anilines is 1. The third kappa shape index (κ3) is 5.85. The van der Waals surface area contributed by atoms with Gasteiger partial charge in [-0.3, -0.25) is 4.79 Å². The van der Waals surface area contributed by atoms with Crippen molar-refractivity contribution in [2.24, 2.45) is 0 Å². The van der Waals surface area contributed by atoms with Crippen LogP contribution >= 0.6 is 0 Å². The van der Waals surface area contributed by atoms with Gasteiger partial charge < -0.3 is 20.1 Å². The van der Waals surface area contributed by atoms with Crippen molar-refractivity contribution in [3.05, 3.63) is 60.2 Å². The first-order valence-corrected chi connectivity index (χ1v) is 8.42. The van der Waals surface area contributed by atoms with Crippen molar-refractivity contribution in [3.63, 3.8) is 0 Å². The summed E-state index contributed by atoms with van der Waals surface area (Å²) in [6, 6.07) is 13.9. The Morgan fingerprint density at radius 2 is 1.56 bits per heavy atom. The zero-order valence-electron chi connectivity index (χ0n) is 15.4. The molecular weight excluding hydrogens is 348 g/mol. The Morgan fingerprint density at radius 1 is 0.926 bits per heavy atom. The maximum absolute atomic E-state index is 12.3. The van der Waals surface area contributed by atoms with Crippen LogP contribution in [0.25, 0.3) is 0 Å². The summed E-state index contributed by atoms with van der Waals surface area (Å²) in [6.07, 6.45) is -0.979. The molecule has 27 heavy (non-hydrogen) atoms. The molecule has 0 saturated heterocycles. The number of Topliss-reactive ketones (excluding diaryl/α,β-unsaturated/α-hetero) is 1. The molecule has 2 rings (SSSR count). The van der Waals surface area contributed by atoms with Crippen LogP contribution in [0.3, 0.4) is 0 Å². The van der Waals surface area contributed by atoms with Crippen molar-refractivity contribution in [1.82, 2.24) is 5.32 Å². The largest absolute Gasteiger partial charge is 0.497 e. The molecule has 2 aromatic carbocycles. The molecule has 0 unspecified atom stereocenters. The zero-order chi connectivity index (χ0) is 19.8. The Hall–Kier alpha value is -3.35. The second-order valence-electron chi connectivity index (χ2n) is 5.86. The number of carbonyl (C=O) groups excluding carboxylic acids is 3. The van der Waals surface area contributed by atoms with Gasteiger partial charge in [0.05, 0.1) is 7.11 Å². The van der Waals surface area contributed by atoms with Crippen molar-refractivity contribution in [1.29, 1.82) is 0 Å². The number of ether oxygens (including phenoxy) is 2. The van der Waals surface area contributed by atoms with Gasteiger partial charge in [-0.15, -0.1) is 0 Å². The Bertz CT molecular complexity index is 790. The molecule has 0 aliphatic carbocycles. The number of esters is 1. The van der Waals surface area contributed by atoms with E-state index in [1.807, 2.05) is 6.07 Å². The van der Waals surface area contributed by atoms with E-state index in [1.165, 1.54) is 21.0 Å². The molecule has 2 amide bonds. The minimum Gasteiger partial charge on any atom is -0.497 e. The predicted octanol–water partition coefficient (Wildman–Crippen LogP) is 3.02. The number of amides is 2. The van der Waals surface area contributed by atoms with E-state index in [0.29, 0.717) is 17.0 Å². The summed E-state index contributed by atoms with van der Waals surface area (Å²) in [4.78, 5) is 36.4. The average molecular weight is 370 g/mol. The van der Waals surface area contributed by atoms with E-state index in [1.54, 1.807) is 48.5 Å². The van der Waals surface area contributed by atoms with Crippen LogP contribution in [0.1, 0.15) is 24.2 Å². The minimum atomic E-state index is -0.979. The zero-order valence-corrected chi connectivity index (χ0v) is 15.4. The van der Waals surface area contributed by atoms with E-state index < -0.39 is 24.1 Å². The number of urea groups is 1. The van der Waals surface area contributed by atoms with E-state index in [-0.39, 0.29) is 5.78 Å². The fourth-order valence-electron chi connectivity index (χ4n) is 2.26. The number of rotatable bonds is 7. The molecule has 7 heteroatoms. The molecule has 0 aliphatic heterocycles. The number of nitrogens with one attached hydrogen (secondary N) is 2. The smallest absolute Gasteiger partial charge is 0.329 e. The van der Waals surface area contributed by atoms with Crippen molar-refractivity contribution in [2.45, 2.75) is 26.0 Å². The van der Waals surface area contributed by atoms with Gasteiger partial charge in [0.2, 0.25) is 5.78 Å². The van der Waals surface area contributed by atoms with E-state index in [0.717, 1.165) is 0 Å². The summed E-state index contributed by atoms with van der Waals surface area (Å²) >= 11 is 0. The van der Waals surface area contributed by atoms with Gasteiger partial charge in [-0.2, -0.15) is 0 Å². The Balaban J connectivity index is 1.86. The normalized spacial score (nSPS) is 12.4. The molecular formula is C20H22N2O5. The third-order valence-electron chi connectivity index (χ3n) is 3.77. The molecule has 2 atom stereocenters. The number of para-hydroxylation sites is 1. The lowest BCUT2D eigenvalue weighted by molar-refractivity contribution is -0.148. The van der Waals surface area contributed by atoms with Gasteiger partial charge in [0.15, 0.2) is 6.10 Å². The van der Waals surface area contributed by atoms with E-state index in [9.17, 15) is 14.4 Å². The Morgan fingerprint density at radius 3 is 2.15 bits per heavy atom. The summed E-state index contributed by atoms with van der Waals surface area (Å²) in [7, 11) is 1.53. The molecule has 0 fully saturated rings. The highest BCUT2D eigenvalue weighted by Gasteiger charge is 2.24. The van der Waals surface area contributed by atoms with Crippen molar-refractivity contribution in [2.75, 3.05) is 12.4 Å². The number of hydrogen-bond acceptors (Lipinski definition) is 5.